The van der Waals surface area contributed by atoms with Gasteiger partial charge in [0.25, 0.3) is 0 Å². The first-order chi connectivity index (χ1) is 6.39. The van der Waals surface area contributed by atoms with Crippen LogP contribution in [0.4, 0.5) is 0 Å². The Hall–Kier alpha value is -0.350. The summed E-state index contributed by atoms with van der Waals surface area (Å²) in [6.45, 7) is 5.75. The number of sulfone groups is 1. The molecule has 0 aromatic carbocycles. The van der Waals surface area contributed by atoms with Gasteiger partial charge in [-0.05, 0) is 32.1 Å². The quantitative estimate of drug-likeness (QED) is 0.717. The van der Waals surface area contributed by atoms with E-state index in [0.29, 0.717) is 11.5 Å². The number of nitrogens with two attached hydrogens (primary N) is 1. The van der Waals surface area contributed by atoms with E-state index in [1.807, 2.05) is 6.92 Å². The number of hydrogen-bond donors (Lipinski definition) is 1. The van der Waals surface area contributed by atoms with Gasteiger partial charge in [0, 0.05) is 6.04 Å². The Balaban J connectivity index is 2.36. The fourth-order valence-corrected chi connectivity index (χ4v) is 3.90. The highest BCUT2D eigenvalue weighted by molar-refractivity contribution is 7.91. The Morgan fingerprint density at radius 1 is 1.64 bits per heavy atom. The molecule has 1 fully saturated rings. The second-order valence-electron chi connectivity index (χ2n) is 4.43. The van der Waals surface area contributed by atoms with Crippen molar-refractivity contribution in [2.75, 3.05) is 11.5 Å². The summed E-state index contributed by atoms with van der Waals surface area (Å²) in [6, 6.07) is 0.0748. The Kier molecular flexibility index (Phi) is 3.72. The Morgan fingerprint density at radius 3 is 2.71 bits per heavy atom. The second-order valence-corrected chi connectivity index (χ2v) is 6.65. The smallest absolute Gasteiger partial charge is 0.150 e. The maximum Gasteiger partial charge on any atom is 0.150 e. The fraction of sp³-hybridized carbons (Fsp3) is 0.800. The first-order valence-electron chi connectivity index (χ1n) is 4.99. The largest absolute Gasteiger partial charge is 0.327 e. The van der Waals surface area contributed by atoms with Gasteiger partial charge in [0.1, 0.15) is 0 Å². The van der Waals surface area contributed by atoms with Crippen LogP contribution in [0.3, 0.4) is 0 Å². The SMILES string of the molecule is C=C(C)CC(N)CC1CCS(=O)(=O)C1. The highest BCUT2D eigenvalue weighted by Crippen LogP contribution is 2.23. The summed E-state index contributed by atoms with van der Waals surface area (Å²) < 4.78 is 22.4. The maximum atomic E-state index is 11.2. The molecule has 4 heteroatoms. The van der Waals surface area contributed by atoms with E-state index in [0.717, 1.165) is 24.8 Å². The molecule has 1 rings (SSSR count). The van der Waals surface area contributed by atoms with E-state index >= 15 is 0 Å². The molecule has 0 amide bonds. The Morgan fingerprint density at radius 2 is 2.29 bits per heavy atom. The standard InChI is InChI=1S/C10H19NO2S/c1-8(2)5-10(11)6-9-3-4-14(12,13)7-9/h9-10H,1,3-7,11H2,2H3. The average Bonchev–Trinajstić information content (AvgIpc) is 2.27. The van der Waals surface area contributed by atoms with Crippen LogP contribution in [0, 0.1) is 5.92 Å². The molecule has 2 N–H and O–H groups in total. The van der Waals surface area contributed by atoms with Crippen molar-refractivity contribution in [1.29, 1.82) is 0 Å². The summed E-state index contributed by atoms with van der Waals surface area (Å²) in [5, 5.41) is 0. The van der Waals surface area contributed by atoms with Gasteiger partial charge in [0.15, 0.2) is 9.84 Å². The van der Waals surface area contributed by atoms with Crippen molar-refractivity contribution in [2.45, 2.75) is 32.2 Å². The molecule has 82 valence electrons. The highest BCUT2D eigenvalue weighted by atomic mass is 32.2. The van der Waals surface area contributed by atoms with Crippen molar-refractivity contribution in [3.8, 4) is 0 Å². The molecule has 1 aliphatic heterocycles. The molecule has 0 spiro atoms. The van der Waals surface area contributed by atoms with Crippen LogP contribution in [-0.2, 0) is 9.84 Å². The van der Waals surface area contributed by atoms with Gasteiger partial charge in [-0.25, -0.2) is 8.42 Å². The average molecular weight is 217 g/mol. The predicted octanol–water partition coefficient (Wildman–Crippen LogP) is 1.10. The van der Waals surface area contributed by atoms with Crippen molar-refractivity contribution in [3.05, 3.63) is 12.2 Å². The Bertz CT molecular complexity index is 308. The van der Waals surface area contributed by atoms with E-state index in [9.17, 15) is 8.42 Å². The van der Waals surface area contributed by atoms with Crippen LogP contribution in [0.25, 0.3) is 0 Å². The van der Waals surface area contributed by atoms with Crippen LogP contribution >= 0.6 is 0 Å². The molecule has 0 radical (unpaired) electrons. The minimum Gasteiger partial charge on any atom is -0.327 e. The predicted molar refractivity (Wildman–Crippen MR) is 58.8 cm³/mol. The van der Waals surface area contributed by atoms with Gasteiger partial charge in [-0.1, -0.05) is 5.57 Å². The minimum absolute atomic E-state index is 0.0748. The summed E-state index contributed by atoms with van der Waals surface area (Å²) in [4.78, 5) is 0. The molecule has 0 bridgehead atoms. The number of rotatable bonds is 4. The molecule has 1 saturated heterocycles. The van der Waals surface area contributed by atoms with E-state index < -0.39 is 9.84 Å². The molecule has 0 aliphatic carbocycles. The zero-order valence-corrected chi connectivity index (χ0v) is 9.52. The van der Waals surface area contributed by atoms with Gasteiger partial charge in [0.2, 0.25) is 0 Å². The molecule has 14 heavy (non-hydrogen) atoms. The monoisotopic (exact) mass is 217 g/mol. The molecule has 0 aromatic heterocycles. The Labute approximate surface area is 86.3 Å². The lowest BCUT2D eigenvalue weighted by molar-refractivity contribution is 0.468. The summed E-state index contributed by atoms with van der Waals surface area (Å²) in [5.41, 5.74) is 6.96. The van der Waals surface area contributed by atoms with Crippen molar-refractivity contribution in [2.24, 2.45) is 11.7 Å². The van der Waals surface area contributed by atoms with E-state index in [4.69, 9.17) is 5.73 Å². The lowest BCUT2D eigenvalue weighted by atomic mass is 9.96. The van der Waals surface area contributed by atoms with E-state index in [-0.39, 0.29) is 12.0 Å². The second kappa shape index (κ2) is 4.45. The van der Waals surface area contributed by atoms with Crippen LogP contribution in [0.5, 0.6) is 0 Å². The molecular weight excluding hydrogens is 198 g/mol. The molecule has 1 heterocycles. The van der Waals surface area contributed by atoms with E-state index in [1.54, 1.807) is 0 Å². The van der Waals surface area contributed by atoms with Crippen molar-refractivity contribution >= 4 is 9.84 Å². The van der Waals surface area contributed by atoms with Crippen molar-refractivity contribution in [1.82, 2.24) is 0 Å². The topological polar surface area (TPSA) is 60.2 Å². The maximum absolute atomic E-state index is 11.2. The lowest BCUT2D eigenvalue weighted by Gasteiger charge is -2.15. The molecule has 0 aromatic rings. The first kappa shape index (κ1) is 11.7. The summed E-state index contributed by atoms with van der Waals surface area (Å²) in [7, 11) is -2.75. The summed E-state index contributed by atoms with van der Waals surface area (Å²) in [5.74, 6) is 0.947. The van der Waals surface area contributed by atoms with Crippen LogP contribution in [-0.4, -0.2) is 26.0 Å². The zero-order valence-electron chi connectivity index (χ0n) is 8.70. The van der Waals surface area contributed by atoms with Gasteiger partial charge in [-0.3, -0.25) is 0 Å². The zero-order chi connectivity index (χ0) is 10.8. The van der Waals surface area contributed by atoms with Gasteiger partial charge in [-0.15, -0.1) is 6.58 Å². The van der Waals surface area contributed by atoms with Crippen LogP contribution in [0.15, 0.2) is 12.2 Å². The van der Waals surface area contributed by atoms with Gasteiger partial charge < -0.3 is 5.73 Å². The molecule has 0 saturated carbocycles. The highest BCUT2D eigenvalue weighted by Gasteiger charge is 2.28. The molecule has 3 nitrogen and oxygen atoms in total. The summed E-state index contributed by atoms with van der Waals surface area (Å²) >= 11 is 0. The lowest BCUT2D eigenvalue weighted by Crippen LogP contribution is -2.24. The van der Waals surface area contributed by atoms with Crippen LogP contribution < -0.4 is 5.73 Å². The summed E-state index contributed by atoms with van der Waals surface area (Å²) in [6.07, 6.45) is 2.40. The van der Waals surface area contributed by atoms with Crippen molar-refractivity contribution in [3.63, 3.8) is 0 Å². The number of hydrogen-bond acceptors (Lipinski definition) is 3. The molecular formula is C10H19NO2S. The molecule has 2 unspecified atom stereocenters. The normalized spacial score (nSPS) is 27.4. The van der Waals surface area contributed by atoms with Crippen LogP contribution in [0.1, 0.15) is 26.2 Å². The van der Waals surface area contributed by atoms with E-state index in [2.05, 4.69) is 6.58 Å². The third-order valence-electron chi connectivity index (χ3n) is 2.57. The molecule has 1 aliphatic rings. The third kappa shape index (κ3) is 3.80. The van der Waals surface area contributed by atoms with Gasteiger partial charge >= 0.3 is 0 Å². The van der Waals surface area contributed by atoms with E-state index in [1.165, 1.54) is 0 Å². The third-order valence-corrected chi connectivity index (χ3v) is 4.41. The minimum atomic E-state index is -2.75. The van der Waals surface area contributed by atoms with Crippen molar-refractivity contribution < 1.29 is 8.42 Å². The van der Waals surface area contributed by atoms with Crippen LogP contribution in [0.2, 0.25) is 0 Å². The molecule has 2 atom stereocenters. The fourth-order valence-electron chi connectivity index (χ4n) is 2.02. The first-order valence-corrected chi connectivity index (χ1v) is 6.81. The van der Waals surface area contributed by atoms with Gasteiger partial charge in [-0.2, -0.15) is 0 Å². The van der Waals surface area contributed by atoms with Gasteiger partial charge in [0.05, 0.1) is 11.5 Å².